The average molecular weight is 435 g/mol. The number of nitrogen functional groups attached to an aromatic ring is 1. The maximum absolute atomic E-state index is 11.6. The van der Waals surface area contributed by atoms with E-state index >= 15 is 0 Å². The predicted octanol–water partition coefficient (Wildman–Crippen LogP) is 1.94. The van der Waals surface area contributed by atoms with Gasteiger partial charge in [0.25, 0.3) is 0 Å². The summed E-state index contributed by atoms with van der Waals surface area (Å²) in [5, 5.41) is 16.0. The Balaban J connectivity index is 2.08. The number of nitrogens with two attached hydrogens (primary N) is 2. The average Bonchev–Trinajstić information content (AvgIpc) is 2.81. The van der Waals surface area contributed by atoms with Gasteiger partial charge in [-0.1, -0.05) is 36.9 Å². The van der Waals surface area contributed by atoms with Crippen molar-refractivity contribution < 1.29 is 9.53 Å². The fourth-order valence-corrected chi connectivity index (χ4v) is 2.52. The molecule has 0 spiro atoms. The van der Waals surface area contributed by atoms with Gasteiger partial charge in [0.1, 0.15) is 6.61 Å². The van der Waals surface area contributed by atoms with Crippen LogP contribution in [0.4, 0.5) is 23.1 Å². The molecule has 2 aromatic rings. The number of nitrogens with zero attached hydrogens (tertiary/aromatic N) is 4. The van der Waals surface area contributed by atoms with Crippen molar-refractivity contribution in [3.63, 3.8) is 0 Å². The first kappa shape index (κ1) is 24.1. The number of hydrogen-bond acceptors (Lipinski definition) is 9. The predicted molar refractivity (Wildman–Crippen MR) is 124 cm³/mol. The Bertz CT molecular complexity index is 1040. The zero-order chi connectivity index (χ0) is 23.3. The summed E-state index contributed by atoms with van der Waals surface area (Å²) in [7, 11) is 1.46. The lowest BCUT2D eigenvalue weighted by atomic mass is 10.2. The Morgan fingerprint density at radius 2 is 2.25 bits per heavy atom. The molecule has 0 aliphatic rings. The van der Waals surface area contributed by atoms with E-state index in [9.17, 15) is 4.79 Å². The summed E-state index contributed by atoms with van der Waals surface area (Å²) in [5.74, 6) is 6.72. The molecule has 0 unspecified atom stereocenters. The van der Waals surface area contributed by atoms with Crippen LogP contribution in [-0.2, 0) is 16.1 Å². The summed E-state index contributed by atoms with van der Waals surface area (Å²) in [5.41, 5.74) is 8.29. The molecule has 0 fully saturated rings. The van der Waals surface area contributed by atoms with Crippen molar-refractivity contribution in [2.45, 2.75) is 6.54 Å². The normalized spacial score (nSPS) is 11.1. The lowest BCUT2D eigenvalue weighted by Crippen LogP contribution is -2.28. The van der Waals surface area contributed by atoms with Crippen molar-refractivity contribution in [1.29, 1.82) is 5.26 Å². The number of nitriles is 1. The van der Waals surface area contributed by atoms with Crippen molar-refractivity contribution in [3.05, 3.63) is 72.5 Å². The summed E-state index contributed by atoms with van der Waals surface area (Å²) in [6.07, 6.45) is 8.13. The van der Waals surface area contributed by atoms with E-state index < -0.39 is 0 Å². The Morgan fingerprint density at radius 1 is 1.44 bits per heavy atom. The van der Waals surface area contributed by atoms with Gasteiger partial charge in [-0.25, -0.2) is 10.8 Å². The van der Waals surface area contributed by atoms with Gasteiger partial charge >= 0.3 is 0 Å². The zero-order valence-corrected chi connectivity index (χ0v) is 17.8. The van der Waals surface area contributed by atoms with Crippen LogP contribution in [0.5, 0.6) is 0 Å². The first-order valence-corrected chi connectivity index (χ1v) is 9.63. The van der Waals surface area contributed by atoms with Crippen LogP contribution in [0.1, 0.15) is 5.56 Å². The molecule has 1 aromatic carbocycles. The van der Waals surface area contributed by atoms with Crippen LogP contribution < -0.4 is 27.2 Å². The Morgan fingerprint density at radius 3 is 2.97 bits per heavy atom. The van der Waals surface area contributed by atoms with E-state index in [1.807, 2.05) is 30.3 Å². The molecule has 0 bridgehead atoms. The van der Waals surface area contributed by atoms with Crippen molar-refractivity contribution in [3.8, 4) is 6.07 Å². The number of aromatic nitrogens is 2. The molecule has 2 rings (SSSR count). The Hall–Kier alpha value is -4.20. The summed E-state index contributed by atoms with van der Waals surface area (Å²) in [4.78, 5) is 20.1. The van der Waals surface area contributed by atoms with Gasteiger partial charge in [-0.3, -0.25) is 9.80 Å². The van der Waals surface area contributed by atoms with E-state index in [1.54, 1.807) is 18.2 Å². The van der Waals surface area contributed by atoms with Gasteiger partial charge in [0, 0.05) is 20.2 Å². The van der Waals surface area contributed by atoms with Gasteiger partial charge in [-0.15, -0.1) is 0 Å². The van der Waals surface area contributed by atoms with Gasteiger partial charge in [-0.2, -0.15) is 10.2 Å². The molecule has 166 valence electrons. The van der Waals surface area contributed by atoms with Crippen LogP contribution in [0.15, 0.2) is 66.9 Å². The number of carbonyl (C=O) groups excluding carboxylic acids is 1. The SMILES string of the molecule is C=C/C(C#N)=C\C=C/CNc1ncc(N)c(N(N)c2cccc(CNC(=O)COC)c2)n1. The fraction of sp³-hybridized carbons (Fsp3) is 0.182. The first-order valence-electron chi connectivity index (χ1n) is 9.63. The van der Waals surface area contributed by atoms with Gasteiger partial charge in [0.15, 0.2) is 5.82 Å². The van der Waals surface area contributed by atoms with Crippen LogP contribution in [0.25, 0.3) is 0 Å². The number of hydrogen-bond donors (Lipinski definition) is 4. The van der Waals surface area contributed by atoms with E-state index in [-0.39, 0.29) is 12.5 Å². The highest BCUT2D eigenvalue weighted by Gasteiger charge is 2.13. The molecule has 0 atom stereocenters. The summed E-state index contributed by atoms with van der Waals surface area (Å²) in [6.45, 7) is 4.31. The molecule has 1 aromatic heterocycles. The maximum Gasteiger partial charge on any atom is 0.246 e. The van der Waals surface area contributed by atoms with Crippen LogP contribution in [0.2, 0.25) is 0 Å². The second kappa shape index (κ2) is 12.5. The number of anilines is 4. The van der Waals surface area contributed by atoms with Crippen LogP contribution in [-0.4, -0.2) is 36.1 Å². The summed E-state index contributed by atoms with van der Waals surface area (Å²) >= 11 is 0. The zero-order valence-electron chi connectivity index (χ0n) is 17.8. The van der Waals surface area contributed by atoms with Crippen LogP contribution >= 0.6 is 0 Å². The molecular formula is C22H26N8O2. The first-order chi connectivity index (χ1) is 15.5. The molecule has 0 saturated heterocycles. The highest BCUT2D eigenvalue weighted by molar-refractivity contribution is 5.77. The topological polar surface area (TPSA) is 155 Å². The molecule has 0 aliphatic carbocycles. The third-order valence-corrected chi connectivity index (χ3v) is 4.12. The van der Waals surface area contributed by atoms with Crippen LogP contribution in [0.3, 0.4) is 0 Å². The second-order valence-electron chi connectivity index (χ2n) is 6.47. The quantitative estimate of drug-likeness (QED) is 0.180. The van der Waals surface area contributed by atoms with E-state index in [0.717, 1.165) is 5.56 Å². The molecule has 0 saturated carbocycles. The van der Waals surface area contributed by atoms with Gasteiger partial charge in [0.2, 0.25) is 11.9 Å². The standard InChI is InChI=1S/C22H26N8O2/c1-3-16(12-23)7-4-5-10-26-22-28-14-19(24)21(29-22)30(25)18-9-6-8-17(11-18)13-27-20(31)15-32-2/h3-9,11,14H,1,10,13,15,24-25H2,2H3,(H,27,31)(H,26,28,29)/b5-4-,16-7+. The van der Waals surface area contributed by atoms with E-state index in [0.29, 0.717) is 41.8 Å². The molecule has 10 heteroatoms. The Kier molecular flexibility index (Phi) is 9.39. The number of methoxy groups -OCH3 is 1. The minimum Gasteiger partial charge on any atom is -0.394 e. The minimum absolute atomic E-state index is 0.00479. The number of amides is 1. The molecule has 10 nitrogen and oxygen atoms in total. The molecule has 0 aliphatic heterocycles. The number of rotatable bonds is 11. The number of hydrazine groups is 1. The van der Waals surface area contributed by atoms with E-state index in [2.05, 4.69) is 27.2 Å². The van der Waals surface area contributed by atoms with Gasteiger partial charge in [-0.05, 0) is 23.8 Å². The van der Waals surface area contributed by atoms with Crippen molar-refractivity contribution in [2.75, 3.05) is 36.3 Å². The fourth-order valence-electron chi connectivity index (χ4n) is 2.52. The smallest absolute Gasteiger partial charge is 0.246 e. The molecule has 1 amide bonds. The third-order valence-electron chi connectivity index (χ3n) is 4.12. The molecule has 0 radical (unpaired) electrons. The van der Waals surface area contributed by atoms with Crippen molar-refractivity contribution >= 4 is 29.0 Å². The van der Waals surface area contributed by atoms with Gasteiger partial charge < -0.3 is 21.1 Å². The molecule has 6 N–H and O–H groups in total. The Labute approximate surface area is 186 Å². The van der Waals surface area contributed by atoms with Crippen LogP contribution in [0, 0.1) is 11.3 Å². The maximum atomic E-state index is 11.6. The molecule has 1 heterocycles. The lowest BCUT2D eigenvalue weighted by Gasteiger charge is -2.20. The molecule has 32 heavy (non-hydrogen) atoms. The number of nitrogens with one attached hydrogen (secondary N) is 2. The van der Waals surface area contributed by atoms with Crippen molar-refractivity contribution in [2.24, 2.45) is 5.84 Å². The summed E-state index contributed by atoms with van der Waals surface area (Å²) < 4.78 is 4.80. The number of allylic oxidation sites excluding steroid dienone is 4. The second-order valence-corrected chi connectivity index (χ2v) is 6.47. The largest absolute Gasteiger partial charge is 0.394 e. The monoisotopic (exact) mass is 434 g/mol. The number of benzene rings is 1. The lowest BCUT2D eigenvalue weighted by molar-refractivity contribution is -0.124. The number of ether oxygens (including phenoxy) is 1. The van der Waals surface area contributed by atoms with E-state index in [4.69, 9.17) is 21.6 Å². The summed E-state index contributed by atoms with van der Waals surface area (Å²) in [6, 6.07) is 9.32. The highest BCUT2D eigenvalue weighted by Crippen LogP contribution is 2.26. The highest BCUT2D eigenvalue weighted by atomic mass is 16.5. The molecular weight excluding hydrogens is 408 g/mol. The van der Waals surface area contributed by atoms with E-state index in [1.165, 1.54) is 24.4 Å². The van der Waals surface area contributed by atoms with Crippen molar-refractivity contribution in [1.82, 2.24) is 15.3 Å². The van der Waals surface area contributed by atoms with Gasteiger partial charge in [0.05, 0.1) is 29.2 Å². The third kappa shape index (κ3) is 7.24. The number of carbonyl (C=O) groups is 1. The minimum atomic E-state index is -0.212.